The van der Waals surface area contributed by atoms with Crippen LogP contribution in [0.1, 0.15) is 18.4 Å². The molecule has 2 aromatic rings. The topological polar surface area (TPSA) is 66.5 Å². The molecule has 3 rings (SSSR count). The molecule has 1 saturated heterocycles. The molecule has 0 saturated carbocycles. The van der Waals surface area contributed by atoms with Crippen LogP contribution in [0.4, 0.5) is 4.39 Å². The van der Waals surface area contributed by atoms with Gasteiger partial charge in [0.2, 0.25) is 15.9 Å². The van der Waals surface area contributed by atoms with Crippen molar-refractivity contribution in [2.45, 2.75) is 24.2 Å². The van der Waals surface area contributed by atoms with Gasteiger partial charge in [-0.1, -0.05) is 28.1 Å². The fourth-order valence-corrected chi connectivity index (χ4v) is 5.09. The maximum Gasteiger partial charge on any atom is 0.243 e. The first-order valence-electron chi connectivity index (χ1n) is 9.14. The third-order valence-electron chi connectivity index (χ3n) is 4.81. The first kappa shape index (κ1) is 21.0. The molecule has 1 atom stereocenters. The Kier molecular flexibility index (Phi) is 6.85. The fourth-order valence-electron chi connectivity index (χ4n) is 3.30. The number of hydrogen-bond donors (Lipinski definition) is 1. The lowest BCUT2D eigenvalue weighted by Crippen LogP contribution is -2.45. The predicted molar refractivity (Wildman–Crippen MR) is 109 cm³/mol. The molecule has 1 amide bonds. The molecular weight excluding hydrogens is 447 g/mol. The SMILES string of the molecule is O=C(NCCc1cccc(F)c1)C1CCCN(S(=O)(=O)c2ccc(Br)cc2)C1. The van der Waals surface area contributed by atoms with E-state index in [1.54, 1.807) is 30.3 Å². The number of carbonyl (C=O) groups excluding carboxylic acids is 1. The first-order chi connectivity index (χ1) is 13.4. The van der Waals surface area contributed by atoms with Crippen molar-refractivity contribution in [3.05, 3.63) is 64.4 Å². The summed E-state index contributed by atoms with van der Waals surface area (Å²) in [7, 11) is -3.62. The minimum Gasteiger partial charge on any atom is -0.355 e. The number of carbonyl (C=O) groups is 1. The molecule has 1 aliphatic rings. The number of piperidine rings is 1. The number of hydrogen-bond acceptors (Lipinski definition) is 3. The summed E-state index contributed by atoms with van der Waals surface area (Å²) in [5.74, 6) is -0.844. The number of nitrogens with one attached hydrogen (secondary N) is 1. The van der Waals surface area contributed by atoms with E-state index in [0.29, 0.717) is 32.4 Å². The van der Waals surface area contributed by atoms with Crippen molar-refractivity contribution >= 4 is 31.9 Å². The Morgan fingerprint density at radius 1 is 1.21 bits per heavy atom. The van der Waals surface area contributed by atoms with E-state index in [1.807, 2.05) is 6.07 Å². The normalized spacial score (nSPS) is 18.0. The second kappa shape index (κ2) is 9.15. The van der Waals surface area contributed by atoms with Crippen LogP contribution in [0, 0.1) is 11.7 Å². The van der Waals surface area contributed by atoms with Gasteiger partial charge in [-0.2, -0.15) is 4.31 Å². The van der Waals surface area contributed by atoms with E-state index in [2.05, 4.69) is 21.2 Å². The van der Waals surface area contributed by atoms with Gasteiger partial charge < -0.3 is 5.32 Å². The van der Waals surface area contributed by atoms with E-state index >= 15 is 0 Å². The van der Waals surface area contributed by atoms with Gasteiger partial charge in [-0.3, -0.25) is 4.79 Å². The van der Waals surface area contributed by atoms with Gasteiger partial charge >= 0.3 is 0 Å². The number of benzene rings is 2. The number of nitrogens with zero attached hydrogens (tertiary/aromatic N) is 1. The molecule has 0 aromatic heterocycles. The summed E-state index contributed by atoms with van der Waals surface area (Å²) in [6.07, 6.45) is 1.81. The van der Waals surface area contributed by atoms with Crippen molar-refractivity contribution in [1.29, 1.82) is 0 Å². The van der Waals surface area contributed by atoms with Gasteiger partial charge in [-0.25, -0.2) is 12.8 Å². The monoisotopic (exact) mass is 468 g/mol. The molecule has 0 bridgehead atoms. The van der Waals surface area contributed by atoms with Crippen LogP contribution in [-0.4, -0.2) is 38.3 Å². The summed E-state index contributed by atoms with van der Waals surface area (Å²) in [4.78, 5) is 12.7. The van der Waals surface area contributed by atoms with Gasteiger partial charge in [0.15, 0.2) is 0 Å². The molecule has 28 heavy (non-hydrogen) atoms. The summed E-state index contributed by atoms with van der Waals surface area (Å²) < 4.78 is 41.1. The molecule has 2 aromatic carbocycles. The minimum atomic E-state index is -3.62. The summed E-state index contributed by atoms with van der Waals surface area (Å²) in [5.41, 5.74) is 0.809. The van der Waals surface area contributed by atoms with Gasteiger partial charge in [0, 0.05) is 24.1 Å². The Morgan fingerprint density at radius 2 is 1.96 bits per heavy atom. The van der Waals surface area contributed by atoms with E-state index in [0.717, 1.165) is 10.0 Å². The van der Waals surface area contributed by atoms with Crippen molar-refractivity contribution in [3.8, 4) is 0 Å². The minimum absolute atomic E-state index is 0.160. The summed E-state index contributed by atoms with van der Waals surface area (Å²) in [6, 6.07) is 12.8. The maximum atomic E-state index is 13.2. The van der Waals surface area contributed by atoms with Crippen molar-refractivity contribution in [3.63, 3.8) is 0 Å². The van der Waals surface area contributed by atoms with Crippen LogP contribution in [0.15, 0.2) is 57.9 Å². The molecule has 5 nitrogen and oxygen atoms in total. The van der Waals surface area contributed by atoms with Crippen LogP contribution in [0.5, 0.6) is 0 Å². The third kappa shape index (κ3) is 5.18. The van der Waals surface area contributed by atoms with E-state index in [-0.39, 0.29) is 29.1 Å². The molecular formula is C20H22BrFN2O3S. The summed E-state index contributed by atoms with van der Waals surface area (Å²) in [6.45, 7) is 0.966. The lowest BCUT2D eigenvalue weighted by molar-refractivity contribution is -0.126. The summed E-state index contributed by atoms with van der Waals surface area (Å²) in [5, 5.41) is 2.85. The highest BCUT2D eigenvalue weighted by atomic mass is 79.9. The van der Waals surface area contributed by atoms with Crippen molar-refractivity contribution < 1.29 is 17.6 Å². The van der Waals surface area contributed by atoms with E-state index in [1.165, 1.54) is 16.4 Å². The van der Waals surface area contributed by atoms with Crippen molar-refractivity contribution in [2.75, 3.05) is 19.6 Å². The average molecular weight is 469 g/mol. The summed E-state index contributed by atoms with van der Waals surface area (Å²) >= 11 is 3.30. The molecule has 1 fully saturated rings. The molecule has 1 N–H and O–H groups in total. The lowest BCUT2D eigenvalue weighted by Gasteiger charge is -2.31. The first-order valence-corrected chi connectivity index (χ1v) is 11.4. The number of amides is 1. The van der Waals surface area contributed by atoms with Crippen LogP contribution in [-0.2, 0) is 21.2 Å². The Bertz CT molecular complexity index is 935. The van der Waals surface area contributed by atoms with Crippen LogP contribution in [0.2, 0.25) is 0 Å². The number of rotatable bonds is 6. The van der Waals surface area contributed by atoms with Crippen LogP contribution in [0.25, 0.3) is 0 Å². The van der Waals surface area contributed by atoms with Gasteiger partial charge in [0.05, 0.1) is 10.8 Å². The highest BCUT2D eigenvalue weighted by Crippen LogP contribution is 2.25. The fraction of sp³-hybridized carbons (Fsp3) is 0.350. The Balaban J connectivity index is 1.57. The standard InChI is InChI=1S/C20H22BrFN2O3S/c21-17-6-8-19(9-7-17)28(26,27)24-12-2-4-16(14-24)20(25)23-11-10-15-3-1-5-18(22)13-15/h1,3,5-9,13,16H,2,4,10-12,14H2,(H,23,25). The van der Waals surface area contributed by atoms with Crippen LogP contribution >= 0.6 is 15.9 Å². The molecule has 0 spiro atoms. The van der Waals surface area contributed by atoms with Crippen LogP contribution < -0.4 is 5.32 Å². The molecule has 150 valence electrons. The highest BCUT2D eigenvalue weighted by Gasteiger charge is 2.33. The van der Waals surface area contributed by atoms with Crippen molar-refractivity contribution in [2.24, 2.45) is 5.92 Å². The van der Waals surface area contributed by atoms with E-state index in [9.17, 15) is 17.6 Å². The third-order valence-corrected chi connectivity index (χ3v) is 7.22. The Labute approximate surface area is 173 Å². The zero-order chi connectivity index (χ0) is 20.1. The van der Waals surface area contributed by atoms with Gasteiger partial charge in [0.25, 0.3) is 0 Å². The quantitative estimate of drug-likeness (QED) is 0.706. The largest absolute Gasteiger partial charge is 0.355 e. The Hall–Kier alpha value is -1.77. The average Bonchev–Trinajstić information content (AvgIpc) is 2.68. The van der Waals surface area contributed by atoms with Crippen LogP contribution in [0.3, 0.4) is 0 Å². The van der Waals surface area contributed by atoms with E-state index in [4.69, 9.17) is 0 Å². The zero-order valence-corrected chi connectivity index (χ0v) is 17.7. The molecule has 1 heterocycles. The van der Waals surface area contributed by atoms with Gasteiger partial charge in [-0.15, -0.1) is 0 Å². The Morgan fingerprint density at radius 3 is 2.68 bits per heavy atom. The smallest absolute Gasteiger partial charge is 0.243 e. The second-order valence-electron chi connectivity index (χ2n) is 6.83. The zero-order valence-electron chi connectivity index (χ0n) is 15.3. The highest BCUT2D eigenvalue weighted by molar-refractivity contribution is 9.10. The molecule has 1 unspecified atom stereocenters. The molecule has 1 aliphatic heterocycles. The number of halogens is 2. The molecule has 8 heteroatoms. The number of sulfonamides is 1. The predicted octanol–water partition coefficient (Wildman–Crippen LogP) is 3.35. The van der Waals surface area contributed by atoms with Gasteiger partial charge in [-0.05, 0) is 61.2 Å². The van der Waals surface area contributed by atoms with E-state index < -0.39 is 10.0 Å². The molecule has 0 radical (unpaired) electrons. The van der Waals surface area contributed by atoms with Gasteiger partial charge in [0.1, 0.15) is 5.82 Å². The maximum absolute atomic E-state index is 13.2. The second-order valence-corrected chi connectivity index (χ2v) is 9.68. The van der Waals surface area contributed by atoms with Crippen molar-refractivity contribution in [1.82, 2.24) is 9.62 Å². The lowest BCUT2D eigenvalue weighted by atomic mass is 9.99. The molecule has 0 aliphatic carbocycles.